The summed E-state index contributed by atoms with van der Waals surface area (Å²) in [4.78, 5) is 14.6. The predicted molar refractivity (Wildman–Crippen MR) is 134 cm³/mol. The van der Waals surface area contributed by atoms with Crippen molar-refractivity contribution >= 4 is 35.8 Å². The maximum atomic E-state index is 14.0. The molecule has 33 heavy (non-hydrogen) atoms. The third-order valence-corrected chi connectivity index (χ3v) is 5.07. The van der Waals surface area contributed by atoms with Gasteiger partial charge in [0, 0.05) is 57.3 Å². The molecule has 3 heterocycles. The van der Waals surface area contributed by atoms with Crippen LogP contribution in [0.5, 0.6) is 11.6 Å². The van der Waals surface area contributed by atoms with Gasteiger partial charge in [-0.15, -0.1) is 24.0 Å². The second-order valence-corrected chi connectivity index (χ2v) is 7.37. The summed E-state index contributed by atoms with van der Waals surface area (Å²) >= 11 is 0. The molecule has 1 aliphatic rings. The summed E-state index contributed by atoms with van der Waals surface area (Å²) in [6.45, 7) is 1.87. The standard InChI is InChI=1S/C23H24F2N6O.HI/c1-26-23(30-18-9-11-31(15-18)22-20(25)6-3-10-27-22)29-14-16-7-8-21(28-13-16)32-19-5-2-4-17(24)12-19;/h2-8,10,12-13,18H,9,11,14-15H2,1H3,(H2,26,29,30);1H. The van der Waals surface area contributed by atoms with Crippen molar-refractivity contribution in [1.29, 1.82) is 0 Å². The Bertz CT molecular complexity index is 1080. The van der Waals surface area contributed by atoms with Crippen molar-refractivity contribution in [3.63, 3.8) is 0 Å². The van der Waals surface area contributed by atoms with Crippen LogP contribution in [0.15, 0.2) is 65.9 Å². The number of pyridine rings is 2. The van der Waals surface area contributed by atoms with Gasteiger partial charge in [-0.2, -0.15) is 0 Å². The molecule has 0 radical (unpaired) electrons. The van der Waals surface area contributed by atoms with E-state index in [0.29, 0.717) is 36.5 Å². The first-order valence-corrected chi connectivity index (χ1v) is 10.3. The lowest BCUT2D eigenvalue weighted by atomic mass is 10.2. The van der Waals surface area contributed by atoms with Crippen molar-refractivity contribution in [3.05, 3.63) is 78.1 Å². The quantitative estimate of drug-likeness (QED) is 0.266. The van der Waals surface area contributed by atoms with Crippen molar-refractivity contribution in [1.82, 2.24) is 20.6 Å². The third kappa shape index (κ3) is 6.73. The van der Waals surface area contributed by atoms with Crippen molar-refractivity contribution in [2.24, 2.45) is 4.99 Å². The zero-order chi connectivity index (χ0) is 22.3. The van der Waals surface area contributed by atoms with Crippen LogP contribution >= 0.6 is 24.0 Å². The molecule has 0 saturated carbocycles. The Morgan fingerprint density at radius 3 is 2.79 bits per heavy atom. The average molecular weight is 566 g/mol. The van der Waals surface area contributed by atoms with E-state index < -0.39 is 0 Å². The fourth-order valence-corrected chi connectivity index (χ4v) is 3.48. The van der Waals surface area contributed by atoms with E-state index in [1.54, 1.807) is 43.7 Å². The first-order chi connectivity index (χ1) is 15.6. The Labute approximate surface area is 208 Å². The second kappa shape index (κ2) is 11.7. The van der Waals surface area contributed by atoms with Gasteiger partial charge in [0.15, 0.2) is 17.6 Å². The van der Waals surface area contributed by atoms with Gasteiger partial charge in [-0.3, -0.25) is 4.99 Å². The molecule has 4 rings (SSSR count). The third-order valence-electron chi connectivity index (χ3n) is 5.07. The van der Waals surface area contributed by atoms with Gasteiger partial charge in [0.25, 0.3) is 0 Å². The summed E-state index contributed by atoms with van der Waals surface area (Å²) in [5, 5.41) is 6.63. The molecule has 174 valence electrons. The summed E-state index contributed by atoms with van der Waals surface area (Å²) in [5.74, 6) is 1.13. The maximum Gasteiger partial charge on any atom is 0.219 e. The van der Waals surface area contributed by atoms with Crippen molar-refractivity contribution in [2.75, 3.05) is 25.0 Å². The minimum absolute atomic E-state index is 0. The van der Waals surface area contributed by atoms with Crippen LogP contribution in [0.25, 0.3) is 0 Å². The number of halogens is 3. The van der Waals surface area contributed by atoms with E-state index in [9.17, 15) is 8.78 Å². The number of nitrogens with one attached hydrogen (secondary N) is 2. The lowest BCUT2D eigenvalue weighted by molar-refractivity contribution is 0.457. The predicted octanol–water partition coefficient (Wildman–Crippen LogP) is 4.11. The molecule has 1 atom stereocenters. The Hall–Kier alpha value is -3.02. The molecule has 1 aromatic carbocycles. The molecule has 10 heteroatoms. The molecule has 0 aliphatic carbocycles. The van der Waals surface area contributed by atoms with E-state index in [2.05, 4.69) is 25.6 Å². The van der Waals surface area contributed by atoms with Crippen LogP contribution in [0.4, 0.5) is 14.6 Å². The second-order valence-electron chi connectivity index (χ2n) is 7.37. The summed E-state index contributed by atoms with van der Waals surface area (Å²) in [6.07, 6.45) is 4.14. The molecule has 0 amide bonds. The number of nitrogens with zero attached hydrogens (tertiary/aromatic N) is 4. The topological polar surface area (TPSA) is 74.7 Å². The first-order valence-electron chi connectivity index (χ1n) is 10.3. The van der Waals surface area contributed by atoms with Gasteiger partial charge >= 0.3 is 0 Å². The number of ether oxygens (including phenoxy) is 1. The molecule has 0 bridgehead atoms. The zero-order valence-electron chi connectivity index (χ0n) is 18.0. The largest absolute Gasteiger partial charge is 0.439 e. The van der Waals surface area contributed by atoms with E-state index >= 15 is 0 Å². The molecule has 1 saturated heterocycles. The van der Waals surface area contributed by atoms with E-state index in [1.807, 2.05) is 11.0 Å². The zero-order valence-corrected chi connectivity index (χ0v) is 20.4. The summed E-state index contributed by atoms with van der Waals surface area (Å²) in [7, 11) is 1.70. The molecular weight excluding hydrogens is 541 g/mol. The number of aliphatic imine (C=N–C) groups is 1. The Morgan fingerprint density at radius 2 is 2.06 bits per heavy atom. The fraction of sp³-hybridized carbons (Fsp3) is 0.261. The number of anilines is 1. The molecule has 0 spiro atoms. The monoisotopic (exact) mass is 566 g/mol. The van der Waals surface area contributed by atoms with Gasteiger partial charge < -0.3 is 20.3 Å². The normalized spacial score (nSPS) is 15.7. The molecule has 1 aliphatic heterocycles. The minimum atomic E-state index is -0.363. The summed E-state index contributed by atoms with van der Waals surface area (Å²) in [6, 6.07) is 12.7. The summed E-state index contributed by atoms with van der Waals surface area (Å²) in [5.41, 5.74) is 0.933. The van der Waals surface area contributed by atoms with Gasteiger partial charge in [-0.1, -0.05) is 12.1 Å². The van der Waals surface area contributed by atoms with Crippen molar-refractivity contribution in [3.8, 4) is 11.6 Å². The number of hydrogen-bond acceptors (Lipinski definition) is 5. The average Bonchev–Trinajstić information content (AvgIpc) is 3.26. The molecule has 3 aromatic rings. The molecule has 7 nitrogen and oxygen atoms in total. The van der Waals surface area contributed by atoms with E-state index in [-0.39, 0.29) is 41.7 Å². The first kappa shape index (κ1) is 24.6. The lowest BCUT2D eigenvalue weighted by Gasteiger charge is -2.20. The number of aromatic nitrogens is 2. The SMILES string of the molecule is CN=C(NCc1ccc(Oc2cccc(F)c2)nc1)NC1CCN(c2ncccc2F)C1.I. The molecule has 1 fully saturated rings. The number of rotatable bonds is 6. The van der Waals surface area contributed by atoms with Crippen molar-refractivity contribution < 1.29 is 13.5 Å². The highest BCUT2D eigenvalue weighted by molar-refractivity contribution is 14.0. The van der Waals surface area contributed by atoms with Crippen LogP contribution < -0.4 is 20.3 Å². The van der Waals surface area contributed by atoms with Crippen molar-refractivity contribution in [2.45, 2.75) is 19.0 Å². The Kier molecular flexibility index (Phi) is 8.75. The van der Waals surface area contributed by atoms with Crippen LogP contribution in [0, 0.1) is 11.6 Å². The highest BCUT2D eigenvalue weighted by Crippen LogP contribution is 2.21. The van der Waals surface area contributed by atoms with Crippen LogP contribution in [0.1, 0.15) is 12.0 Å². The van der Waals surface area contributed by atoms with E-state index in [4.69, 9.17) is 4.74 Å². The van der Waals surface area contributed by atoms with E-state index in [1.165, 1.54) is 18.2 Å². The number of benzene rings is 1. The van der Waals surface area contributed by atoms with Crippen LogP contribution in [0.2, 0.25) is 0 Å². The minimum Gasteiger partial charge on any atom is -0.439 e. The molecule has 2 aromatic heterocycles. The lowest BCUT2D eigenvalue weighted by Crippen LogP contribution is -2.44. The van der Waals surface area contributed by atoms with Gasteiger partial charge in [-0.25, -0.2) is 18.7 Å². The fourth-order valence-electron chi connectivity index (χ4n) is 3.48. The van der Waals surface area contributed by atoms with Gasteiger partial charge in [0.1, 0.15) is 11.6 Å². The van der Waals surface area contributed by atoms with Crippen LogP contribution in [-0.2, 0) is 6.54 Å². The number of hydrogen-bond donors (Lipinski definition) is 2. The highest BCUT2D eigenvalue weighted by atomic mass is 127. The van der Waals surface area contributed by atoms with Gasteiger partial charge in [-0.05, 0) is 36.2 Å². The van der Waals surface area contributed by atoms with Gasteiger partial charge in [0.2, 0.25) is 5.88 Å². The van der Waals surface area contributed by atoms with E-state index in [0.717, 1.165) is 18.5 Å². The Morgan fingerprint density at radius 1 is 1.18 bits per heavy atom. The Balaban J connectivity index is 0.00000306. The summed E-state index contributed by atoms with van der Waals surface area (Å²) < 4.78 is 32.8. The highest BCUT2D eigenvalue weighted by Gasteiger charge is 2.25. The van der Waals surface area contributed by atoms with Crippen LogP contribution in [0.3, 0.4) is 0 Å². The molecular formula is C23H25F2IN6O. The van der Waals surface area contributed by atoms with Gasteiger partial charge in [0.05, 0.1) is 0 Å². The maximum absolute atomic E-state index is 14.0. The number of guanidine groups is 1. The van der Waals surface area contributed by atoms with Crippen LogP contribution in [-0.4, -0.2) is 42.1 Å². The molecule has 1 unspecified atom stereocenters. The smallest absolute Gasteiger partial charge is 0.219 e. The molecule has 2 N–H and O–H groups in total.